The van der Waals surface area contributed by atoms with Crippen molar-refractivity contribution < 1.29 is 22.8 Å². The van der Waals surface area contributed by atoms with Crippen molar-refractivity contribution in [2.45, 2.75) is 45.8 Å². The van der Waals surface area contributed by atoms with Gasteiger partial charge in [-0.15, -0.1) is 0 Å². The molecule has 3 aromatic rings. The number of H-pyrrole nitrogens is 1. The first-order chi connectivity index (χ1) is 16.2. The zero-order valence-corrected chi connectivity index (χ0v) is 19.5. The highest BCUT2D eigenvalue weighted by Crippen LogP contribution is 2.29. The molecule has 1 aromatic heterocycles. The van der Waals surface area contributed by atoms with E-state index in [0.717, 1.165) is 35.0 Å². The Morgan fingerprint density at radius 3 is 2.26 bits per heavy atom. The zero-order valence-electron chi connectivity index (χ0n) is 19.5. The second kappa shape index (κ2) is 11.2. The standard InChI is InChI=1S/C26H30F3N3O2/c1-3-14-31(24(33)4-2)18-25(34)32(17-19-9-11-21(12-10-19)26(27,28)29)15-13-20-16-30-23-8-6-5-7-22(20)23/h5-12,16,30H,3-4,13-15,17-18H2,1-2H3. The van der Waals surface area contributed by atoms with Crippen LogP contribution in [-0.4, -0.2) is 46.2 Å². The first-order valence-corrected chi connectivity index (χ1v) is 11.5. The van der Waals surface area contributed by atoms with Gasteiger partial charge >= 0.3 is 6.18 Å². The van der Waals surface area contributed by atoms with E-state index < -0.39 is 11.7 Å². The van der Waals surface area contributed by atoms with E-state index in [-0.39, 0.29) is 24.9 Å². The second-order valence-corrected chi connectivity index (χ2v) is 8.29. The van der Waals surface area contributed by atoms with Crippen LogP contribution in [0.3, 0.4) is 0 Å². The van der Waals surface area contributed by atoms with Gasteiger partial charge in [0.15, 0.2) is 0 Å². The van der Waals surface area contributed by atoms with Crippen LogP contribution in [0.5, 0.6) is 0 Å². The van der Waals surface area contributed by atoms with Gasteiger partial charge in [-0.1, -0.05) is 44.2 Å². The van der Waals surface area contributed by atoms with Gasteiger partial charge in [0.2, 0.25) is 11.8 Å². The number of amides is 2. The molecule has 182 valence electrons. The van der Waals surface area contributed by atoms with E-state index in [2.05, 4.69) is 4.98 Å². The summed E-state index contributed by atoms with van der Waals surface area (Å²) in [6.07, 6.45) is -0.888. The van der Waals surface area contributed by atoms with Crippen LogP contribution in [0.1, 0.15) is 43.4 Å². The van der Waals surface area contributed by atoms with Crippen LogP contribution in [0.4, 0.5) is 13.2 Å². The summed E-state index contributed by atoms with van der Waals surface area (Å²) in [4.78, 5) is 31.9. The lowest BCUT2D eigenvalue weighted by atomic mass is 10.1. The second-order valence-electron chi connectivity index (χ2n) is 8.29. The monoisotopic (exact) mass is 473 g/mol. The molecule has 8 heteroatoms. The number of nitrogens with one attached hydrogen (secondary N) is 1. The van der Waals surface area contributed by atoms with Crippen LogP contribution in [0.15, 0.2) is 54.7 Å². The molecule has 0 bridgehead atoms. The fourth-order valence-electron chi connectivity index (χ4n) is 3.95. The number of aromatic amines is 1. The molecule has 1 heterocycles. The van der Waals surface area contributed by atoms with Gasteiger partial charge in [0, 0.05) is 43.2 Å². The summed E-state index contributed by atoms with van der Waals surface area (Å²) in [7, 11) is 0. The van der Waals surface area contributed by atoms with E-state index >= 15 is 0 Å². The molecule has 0 saturated carbocycles. The number of rotatable bonds is 10. The van der Waals surface area contributed by atoms with Gasteiger partial charge < -0.3 is 14.8 Å². The maximum Gasteiger partial charge on any atom is 0.416 e. The average molecular weight is 474 g/mol. The van der Waals surface area contributed by atoms with Gasteiger partial charge in [-0.05, 0) is 42.2 Å². The average Bonchev–Trinajstić information content (AvgIpc) is 3.23. The summed E-state index contributed by atoms with van der Waals surface area (Å²) >= 11 is 0. The Bertz CT molecular complexity index is 1110. The van der Waals surface area contributed by atoms with Gasteiger partial charge in [-0.25, -0.2) is 0 Å². The lowest BCUT2D eigenvalue weighted by Gasteiger charge is -2.27. The maximum absolute atomic E-state index is 13.2. The predicted octanol–water partition coefficient (Wildman–Crippen LogP) is 5.41. The molecule has 0 fully saturated rings. The van der Waals surface area contributed by atoms with Crippen molar-refractivity contribution >= 4 is 22.7 Å². The molecule has 0 spiro atoms. The molecule has 0 radical (unpaired) electrons. The van der Waals surface area contributed by atoms with Crippen LogP contribution in [0.2, 0.25) is 0 Å². The van der Waals surface area contributed by atoms with Crippen molar-refractivity contribution in [1.82, 2.24) is 14.8 Å². The largest absolute Gasteiger partial charge is 0.416 e. The van der Waals surface area contributed by atoms with Crippen molar-refractivity contribution in [3.63, 3.8) is 0 Å². The van der Waals surface area contributed by atoms with E-state index in [0.29, 0.717) is 31.5 Å². The van der Waals surface area contributed by atoms with Crippen molar-refractivity contribution in [2.24, 2.45) is 0 Å². The smallest absolute Gasteiger partial charge is 0.361 e. The molecular formula is C26H30F3N3O2. The summed E-state index contributed by atoms with van der Waals surface area (Å²) in [5.41, 5.74) is 1.93. The van der Waals surface area contributed by atoms with Crippen LogP contribution in [0.25, 0.3) is 10.9 Å². The molecule has 2 aromatic carbocycles. The number of hydrogen-bond acceptors (Lipinski definition) is 2. The third kappa shape index (κ3) is 6.40. The summed E-state index contributed by atoms with van der Waals surface area (Å²) in [5.74, 6) is -0.323. The molecule has 34 heavy (non-hydrogen) atoms. The number of alkyl halides is 3. The Morgan fingerprint density at radius 1 is 0.912 bits per heavy atom. The lowest BCUT2D eigenvalue weighted by Crippen LogP contribution is -2.43. The molecule has 2 amide bonds. The SMILES string of the molecule is CCCN(CC(=O)N(CCc1c[nH]c2ccccc12)Cc1ccc(C(F)(F)F)cc1)C(=O)CC. The molecule has 0 unspecified atom stereocenters. The Kier molecular flexibility index (Phi) is 8.36. The fraction of sp³-hybridized carbons (Fsp3) is 0.385. The molecule has 0 aliphatic heterocycles. The number of fused-ring (bicyclic) bond motifs is 1. The Hall–Kier alpha value is -3.29. The van der Waals surface area contributed by atoms with Gasteiger partial charge in [-0.2, -0.15) is 13.2 Å². The Morgan fingerprint density at radius 2 is 1.62 bits per heavy atom. The van der Waals surface area contributed by atoms with E-state index in [1.807, 2.05) is 37.4 Å². The molecule has 0 atom stereocenters. The number of benzene rings is 2. The highest BCUT2D eigenvalue weighted by atomic mass is 19.4. The number of nitrogens with zero attached hydrogens (tertiary/aromatic N) is 2. The minimum absolute atomic E-state index is 0.0466. The first-order valence-electron chi connectivity index (χ1n) is 11.5. The van der Waals surface area contributed by atoms with E-state index in [4.69, 9.17) is 0 Å². The minimum atomic E-state index is -4.41. The summed E-state index contributed by atoms with van der Waals surface area (Å²) < 4.78 is 38.8. The normalized spacial score (nSPS) is 11.6. The van der Waals surface area contributed by atoms with Gasteiger partial charge in [0.25, 0.3) is 0 Å². The van der Waals surface area contributed by atoms with Crippen molar-refractivity contribution in [3.05, 3.63) is 71.4 Å². The number of carbonyl (C=O) groups is 2. The van der Waals surface area contributed by atoms with Crippen molar-refractivity contribution in [3.8, 4) is 0 Å². The highest BCUT2D eigenvalue weighted by molar-refractivity contribution is 5.85. The fourth-order valence-corrected chi connectivity index (χ4v) is 3.95. The van der Waals surface area contributed by atoms with Gasteiger partial charge in [-0.3, -0.25) is 9.59 Å². The number of hydrogen-bond donors (Lipinski definition) is 1. The van der Waals surface area contributed by atoms with Crippen LogP contribution < -0.4 is 0 Å². The minimum Gasteiger partial charge on any atom is -0.361 e. The topological polar surface area (TPSA) is 56.4 Å². The molecule has 0 saturated heterocycles. The molecule has 0 aliphatic carbocycles. The number of carbonyl (C=O) groups excluding carboxylic acids is 2. The number of halogens is 3. The Labute approximate surface area is 197 Å². The zero-order chi connectivity index (χ0) is 24.7. The molecule has 1 N–H and O–H groups in total. The third-order valence-electron chi connectivity index (χ3n) is 5.81. The van der Waals surface area contributed by atoms with Crippen molar-refractivity contribution in [1.29, 1.82) is 0 Å². The first kappa shape index (κ1) is 25.3. The summed E-state index contributed by atoms with van der Waals surface area (Å²) in [6, 6.07) is 12.7. The maximum atomic E-state index is 13.2. The van der Waals surface area contributed by atoms with E-state index in [9.17, 15) is 22.8 Å². The van der Waals surface area contributed by atoms with Crippen LogP contribution in [-0.2, 0) is 28.7 Å². The van der Waals surface area contributed by atoms with E-state index in [1.54, 1.807) is 16.7 Å². The van der Waals surface area contributed by atoms with Crippen LogP contribution >= 0.6 is 0 Å². The molecule has 5 nitrogen and oxygen atoms in total. The molecular weight excluding hydrogens is 443 g/mol. The predicted molar refractivity (Wildman–Crippen MR) is 126 cm³/mol. The number of para-hydroxylation sites is 1. The molecule has 3 rings (SSSR count). The quantitative estimate of drug-likeness (QED) is 0.428. The summed E-state index contributed by atoms with van der Waals surface area (Å²) in [5, 5.41) is 1.07. The highest BCUT2D eigenvalue weighted by Gasteiger charge is 2.30. The van der Waals surface area contributed by atoms with Crippen LogP contribution in [0, 0.1) is 0 Å². The molecule has 0 aliphatic rings. The third-order valence-corrected chi connectivity index (χ3v) is 5.81. The van der Waals surface area contributed by atoms with E-state index in [1.165, 1.54) is 12.1 Å². The van der Waals surface area contributed by atoms with Gasteiger partial charge in [0.1, 0.15) is 0 Å². The Balaban J connectivity index is 1.79. The lowest BCUT2D eigenvalue weighted by molar-refractivity contribution is -0.140. The number of aromatic nitrogens is 1. The van der Waals surface area contributed by atoms with Gasteiger partial charge in [0.05, 0.1) is 12.1 Å². The summed E-state index contributed by atoms with van der Waals surface area (Å²) in [6.45, 7) is 4.68. The van der Waals surface area contributed by atoms with Crippen molar-refractivity contribution in [2.75, 3.05) is 19.6 Å².